The van der Waals surface area contributed by atoms with Crippen LogP contribution in [-0.4, -0.2) is 4.92 Å². The van der Waals surface area contributed by atoms with Crippen molar-refractivity contribution in [3.63, 3.8) is 0 Å². The lowest BCUT2D eigenvalue weighted by Crippen LogP contribution is -1.93. The average Bonchev–Trinajstić information content (AvgIpc) is 2.08. The quantitative estimate of drug-likeness (QED) is 0.514. The molecule has 0 unspecified atom stereocenters. The maximum absolute atomic E-state index is 10.4. The van der Waals surface area contributed by atoms with E-state index in [0.29, 0.717) is 0 Å². The van der Waals surface area contributed by atoms with Crippen LogP contribution >= 0.6 is 0 Å². The van der Waals surface area contributed by atoms with Crippen LogP contribution in [0.1, 0.15) is 18.1 Å². The van der Waals surface area contributed by atoms with Crippen LogP contribution < -0.4 is 0 Å². The van der Waals surface area contributed by atoms with Gasteiger partial charge in [0.15, 0.2) is 0 Å². The SMILES string of the molecule is C/C(=C/c1ccccc1C)[N+](=O)[O-]. The van der Waals surface area contributed by atoms with E-state index in [1.807, 2.05) is 31.2 Å². The summed E-state index contributed by atoms with van der Waals surface area (Å²) in [6.07, 6.45) is 1.58. The molecule has 0 fully saturated rings. The lowest BCUT2D eigenvalue weighted by molar-refractivity contribution is -0.422. The summed E-state index contributed by atoms with van der Waals surface area (Å²) in [4.78, 5) is 9.97. The van der Waals surface area contributed by atoms with E-state index in [1.54, 1.807) is 6.08 Å². The monoisotopic (exact) mass is 177 g/mol. The highest BCUT2D eigenvalue weighted by Gasteiger charge is 2.02. The topological polar surface area (TPSA) is 43.1 Å². The molecule has 0 saturated carbocycles. The Labute approximate surface area is 76.9 Å². The molecule has 0 aliphatic heterocycles. The van der Waals surface area contributed by atoms with Gasteiger partial charge in [-0.25, -0.2) is 0 Å². The van der Waals surface area contributed by atoms with Gasteiger partial charge < -0.3 is 0 Å². The van der Waals surface area contributed by atoms with Crippen molar-refractivity contribution in [1.29, 1.82) is 0 Å². The third-order valence-corrected chi connectivity index (χ3v) is 1.84. The van der Waals surface area contributed by atoms with E-state index in [4.69, 9.17) is 0 Å². The summed E-state index contributed by atoms with van der Waals surface area (Å²) in [7, 11) is 0. The molecule has 0 amide bonds. The summed E-state index contributed by atoms with van der Waals surface area (Å²) in [5.74, 6) is 0. The highest BCUT2D eigenvalue weighted by molar-refractivity contribution is 5.54. The first-order chi connectivity index (χ1) is 6.11. The number of hydrogen-bond donors (Lipinski definition) is 0. The van der Waals surface area contributed by atoms with Gasteiger partial charge in [-0.3, -0.25) is 10.1 Å². The second kappa shape index (κ2) is 3.85. The molecule has 0 radical (unpaired) electrons. The zero-order valence-electron chi connectivity index (χ0n) is 7.65. The summed E-state index contributed by atoms with van der Waals surface area (Å²) in [5, 5.41) is 10.4. The van der Waals surface area contributed by atoms with E-state index in [9.17, 15) is 10.1 Å². The van der Waals surface area contributed by atoms with Gasteiger partial charge in [-0.1, -0.05) is 24.3 Å². The summed E-state index contributed by atoms with van der Waals surface area (Å²) in [6, 6.07) is 7.57. The van der Waals surface area contributed by atoms with E-state index >= 15 is 0 Å². The van der Waals surface area contributed by atoms with Crippen molar-refractivity contribution in [1.82, 2.24) is 0 Å². The van der Waals surface area contributed by atoms with Gasteiger partial charge in [-0.15, -0.1) is 0 Å². The molecule has 0 aliphatic rings. The zero-order valence-corrected chi connectivity index (χ0v) is 7.65. The predicted octanol–water partition coefficient (Wildman–Crippen LogP) is 2.63. The van der Waals surface area contributed by atoms with Crippen LogP contribution in [0.25, 0.3) is 6.08 Å². The molecule has 0 bridgehead atoms. The molecule has 68 valence electrons. The van der Waals surface area contributed by atoms with Crippen molar-refractivity contribution in [3.05, 3.63) is 51.2 Å². The Balaban J connectivity index is 3.04. The number of nitrogens with zero attached hydrogens (tertiary/aromatic N) is 1. The molecule has 13 heavy (non-hydrogen) atoms. The fraction of sp³-hybridized carbons (Fsp3) is 0.200. The molecule has 0 atom stereocenters. The van der Waals surface area contributed by atoms with Gasteiger partial charge in [0.1, 0.15) is 0 Å². The largest absolute Gasteiger partial charge is 0.259 e. The number of hydrogen-bond acceptors (Lipinski definition) is 2. The second-order valence-electron chi connectivity index (χ2n) is 2.90. The van der Waals surface area contributed by atoms with Gasteiger partial charge in [0.25, 0.3) is 0 Å². The van der Waals surface area contributed by atoms with Gasteiger partial charge in [0.05, 0.1) is 4.92 Å². The normalized spacial score (nSPS) is 11.4. The number of aryl methyl sites for hydroxylation is 1. The predicted molar refractivity (Wildman–Crippen MR) is 51.8 cm³/mol. The van der Waals surface area contributed by atoms with Crippen molar-refractivity contribution in [2.75, 3.05) is 0 Å². The van der Waals surface area contributed by atoms with Gasteiger partial charge in [0, 0.05) is 13.0 Å². The number of allylic oxidation sites excluding steroid dienone is 1. The van der Waals surface area contributed by atoms with Crippen LogP contribution in [0.2, 0.25) is 0 Å². The summed E-state index contributed by atoms with van der Waals surface area (Å²) >= 11 is 0. The molecule has 0 spiro atoms. The number of benzene rings is 1. The van der Waals surface area contributed by atoms with Gasteiger partial charge in [-0.2, -0.15) is 0 Å². The molecule has 0 heterocycles. The third-order valence-electron chi connectivity index (χ3n) is 1.84. The van der Waals surface area contributed by atoms with Gasteiger partial charge >= 0.3 is 0 Å². The summed E-state index contributed by atoms with van der Waals surface area (Å²) in [5.41, 5.74) is 2.11. The smallest absolute Gasteiger partial charge is 0.243 e. The van der Waals surface area contributed by atoms with E-state index in [2.05, 4.69) is 0 Å². The molecular weight excluding hydrogens is 166 g/mol. The Bertz CT molecular complexity index is 356. The van der Waals surface area contributed by atoms with Crippen LogP contribution in [0, 0.1) is 17.0 Å². The minimum absolute atomic E-state index is 0.161. The fourth-order valence-electron chi connectivity index (χ4n) is 1.03. The Morgan fingerprint density at radius 1 is 1.46 bits per heavy atom. The third kappa shape index (κ3) is 2.40. The van der Waals surface area contributed by atoms with Crippen LogP contribution in [-0.2, 0) is 0 Å². The minimum Gasteiger partial charge on any atom is -0.259 e. The van der Waals surface area contributed by atoms with E-state index in [-0.39, 0.29) is 10.6 Å². The highest BCUT2D eigenvalue weighted by Crippen LogP contribution is 2.11. The lowest BCUT2D eigenvalue weighted by Gasteiger charge is -1.97. The first-order valence-electron chi connectivity index (χ1n) is 3.99. The van der Waals surface area contributed by atoms with Crippen molar-refractivity contribution >= 4 is 6.08 Å². The standard InChI is InChI=1S/C10H11NO2/c1-8-5-3-4-6-10(8)7-9(2)11(12)13/h3-7H,1-2H3/b9-7-. The molecule has 1 aromatic rings. The molecule has 1 rings (SSSR count). The number of rotatable bonds is 2. The van der Waals surface area contributed by atoms with Crippen LogP contribution in [0.5, 0.6) is 0 Å². The average molecular weight is 177 g/mol. The first-order valence-corrected chi connectivity index (χ1v) is 3.99. The molecule has 0 N–H and O–H groups in total. The van der Waals surface area contributed by atoms with Crippen LogP contribution in [0.4, 0.5) is 0 Å². The van der Waals surface area contributed by atoms with Crippen LogP contribution in [0.3, 0.4) is 0 Å². The Hall–Kier alpha value is -1.64. The maximum atomic E-state index is 10.4. The molecule has 0 aromatic heterocycles. The van der Waals surface area contributed by atoms with Crippen molar-refractivity contribution in [2.24, 2.45) is 0 Å². The minimum atomic E-state index is -0.383. The first kappa shape index (κ1) is 9.45. The molecule has 3 nitrogen and oxygen atoms in total. The summed E-state index contributed by atoms with van der Waals surface area (Å²) in [6.45, 7) is 3.42. The molecule has 3 heteroatoms. The number of nitro groups is 1. The molecule has 0 aliphatic carbocycles. The second-order valence-corrected chi connectivity index (χ2v) is 2.90. The van der Waals surface area contributed by atoms with Crippen molar-refractivity contribution in [3.8, 4) is 0 Å². The Morgan fingerprint density at radius 2 is 2.08 bits per heavy atom. The Kier molecular flexibility index (Phi) is 2.80. The highest BCUT2D eigenvalue weighted by atomic mass is 16.6. The Morgan fingerprint density at radius 3 is 2.62 bits per heavy atom. The lowest BCUT2D eigenvalue weighted by atomic mass is 10.1. The van der Waals surface area contributed by atoms with E-state index in [1.165, 1.54) is 6.92 Å². The zero-order chi connectivity index (χ0) is 9.84. The maximum Gasteiger partial charge on any atom is 0.243 e. The van der Waals surface area contributed by atoms with Gasteiger partial charge in [-0.05, 0) is 18.1 Å². The van der Waals surface area contributed by atoms with Gasteiger partial charge in [0.2, 0.25) is 5.70 Å². The summed E-state index contributed by atoms with van der Waals surface area (Å²) < 4.78 is 0. The van der Waals surface area contributed by atoms with Crippen molar-refractivity contribution < 1.29 is 4.92 Å². The molecule has 1 aromatic carbocycles. The fourth-order valence-corrected chi connectivity index (χ4v) is 1.03. The van der Waals surface area contributed by atoms with E-state index in [0.717, 1.165) is 11.1 Å². The molecular formula is C10H11NO2. The van der Waals surface area contributed by atoms with Crippen LogP contribution in [0.15, 0.2) is 30.0 Å². The molecule has 0 saturated heterocycles. The van der Waals surface area contributed by atoms with Crippen molar-refractivity contribution in [2.45, 2.75) is 13.8 Å². The van der Waals surface area contributed by atoms with E-state index < -0.39 is 0 Å².